The predicted molar refractivity (Wildman–Crippen MR) is 97.8 cm³/mol. The molecule has 3 heteroatoms. The summed E-state index contributed by atoms with van der Waals surface area (Å²) in [7, 11) is 0. The normalized spacial score (nSPS) is 29.2. The number of aromatic amines is 1. The number of nitrogens with zero attached hydrogens (tertiary/aromatic N) is 1. The SMILES string of the molecule is CCC[C@@]1(C)C[C@@]2(CC)Cc3c(ccc4[nH]ncc34)C2=C(C)C1=O. The third-order valence-electron chi connectivity index (χ3n) is 6.52. The highest BCUT2D eigenvalue weighted by Gasteiger charge is 2.53. The van der Waals surface area contributed by atoms with Gasteiger partial charge in [-0.05, 0) is 60.9 Å². The fourth-order valence-corrected chi connectivity index (χ4v) is 5.54. The second-order valence-electron chi connectivity index (χ2n) is 8.05. The van der Waals surface area contributed by atoms with Gasteiger partial charge in [-0.2, -0.15) is 5.10 Å². The number of fused-ring (bicyclic) bond motifs is 5. The van der Waals surface area contributed by atoms with Crippen LogP contribution in [0.5, 0.6) is 0 Å². The second-order valence-corrected chi connectivity index (χ2v) is 8.05. The summed E-state index contributed by atoms with van der Waals surface area (Å²) in [5, 5.41) is 8.54. The van der Waals surface area contributed by atoms with Crippen molar-refractivity contribution in [3.8, 4) is 0 Å². The Morgan fingerprint density at radius 3 is 2.79 bits per heavy atom. The van der Waals surface area contributed by atoms with Gasteiger partial charge in [-0.15, -0.1) is 0 Å². The van der Waals surface area contributed by atoms with Gasteiger partial charge < -0.3 is 0 Å². The lowest BCUT2D eigenvalue weighted by Gasteiger charge is -2.44. The maximum absolute atomic E-state index is 13.2. The van der Waals surface area contributed by atoms with Crippen LogP contribution in [0.1, 0.15) is 64.5 Å². The van der Waals surface area contributed by atoms with E-state index < -0.39 is 0 Å². The molecule has 0 radical (unpaired) electrons. The van der Waals surface area contributed by atoms with Crippen LogP contribution in [0.2, 0.25) is 0 Å². The van der Waals surface area contributed by atoms with Gasteiger partial charge in [-0.25, -0.2) is 0 Å². The molecule has 2 aromatic rings. The lowest BCUT2D eigenvalue weighted by molar-refractivity contribution is -0.126. The smallest absolute Gasteiger partial charge is 0.164 e. The molecule has 1 aromatic carbocycles. The molecule has 0 amide bonds. The molecule has 0 spiro atoms. The summed E-state index contributed by atoms with van der Waals surface area (Å²) in [6, 6.07) is 4.30. The number of rotatable bonds is 3. The van der Waals surface area contributed by atoms with E-state index in [2.05, 4.69) is 50.0 Å². The van der Waals surface area contributed by atoms with Crippen LogP contribution in [0.3, 0.4) is 0 Å². The second kappa shape index (κ2) is 5.05. The third-order valence-corrected chi connectivity index (χ3v) is 6.52. The molecule has 2 atom stereocenters. The molecule has 1 N–H and O–H groups in total. The molecule has 2 aliphatic rings. The van der Waals surface area contributed by atoms with Crippen LogP contribution < -0.4 is 0 Å². The molecule has 3 nitrogen and oxygen atoms in total. The minimum absolute atomic E-state index is 0.107. The van der Waals surface area contributed by atoms with E-state index in [0.717, 1.165) is 43.2 Å². The van der Waals surface area contributed by atoms with Gasteiger partial charge in [0.05, 0.1) is 11.7 Å². The van der Waals surface area contributed by atoms with Crippen molar-refractivity contribution in [1.82, 2.24) is 10.2 Å². The highest BCUT2D eigenvalue weighted by atomic mass is 16.1. The first-order valence-electron chi connectivity index (χ1n) is 9.17. The minimum Gasteiger partial charge on any atom is -0.294 e. The van der Waals surface area contributed by atoms with Gasteiger partial charge in [0.25, 0.3) is 0 Å². The first-order chi connectivity index (χ1) is 11.5. The number of nitrogens with one attached hydrogen (secondary N) is 1. The van der Waals surface area contributed by atoms with Gasteiger partial charge >= 0.3 is 0 Å². The Kier molecular flexibility index (Phi) is 3.28. The van der Waals surface area contributed by atoms with E-state index in [1.165, 1.54) is 22.1 Å². The van der Waals surface area contributed by atoms with E-state index in [0.29, 0.717) is 5.78 Å². The van der Waals surface area contributed by atoms with Crippen LogP contribution >= 0.6 is 0 Å². The average molecular weight is 322 g/mol. The van der Waals surface area contributed by atoms with Crippen LogP contribution in [0, 0.1) is 10.8 Å². The van der Waals surface area contributed by atoms with Crippen LogP contribution in [-0.4, -0.2) is 16.0 Å². The largest absolute Gasteiger partial charge is 0.294 e. The van der Waals surface area contributed by atoms with E-state index in [4.69, 9.17) is 0 Å². The summed E-state index contributed by atoms with van der Waals surface area (Å²) < 4.78 is 0. The van der Waals surface area contributed by atoms with E-state index >= 15 is 0 Å². The zero-order valence-corrected chi connectivity index (χ0v) is 15.1. The summed E-state index contributed by atoms with van der Waals surface area (Å²) in [4.78, 5) is 13.2. The van der Waals surface area contributed by atoms with Crippen molar-refractivity contribution in [2.24, 2.45) is 10.8 Å². The van der Waals surface area contributed by atoms with Crippen molar-refractivity contribution in [2.45, 2.75) is 59.8 Å². The van der Waals surface area contributed by atoms with Crippen molar-refractivity contribution in [3.63, 3.8) is 0 Å². The van der Waals surface area contributed by atoms with E-state index in [-0.39, 0.29) is 10.8 Å². The standard InChI is InChI=1S/C21H26N2O/c1-5-9-20(4)12-21(6-2)10-15-14(18(21)13(3)19(20)24)7-8-17-16(15)11-22-23-17/h7-8,11H,5-6,9-10,12H2,1-4H3,(H,22,23)/t20-,21+/m0/s1. The van der Waals surface area contributed by atoms with E-state index in [1.807, 2.05) is 6.20 Å². The molecular weight excluding hydrogens is 296 g/mol. The quantitative estimate of drug-likeness (QED) is 0.857. The number of ketones is 1. The number of hydrogen-bond acceptors (Lipinski definition) is 2. The van der Waals surface area contributed by atoms with Crippen LogP contribution in [0.25, 0.3) is 16.5 Å². The highest BCUT2D eigenvalue weighted by Crippen LogP contribution is 2.61. The van der Waals surface area contributed by atoms with Crippen LogP contribution in [0.15, 0.2) is 23.9 Å². The number of carbonyl (C=O) groups excluding carboxylic acids is 1. The Morgan fingerprint density at radius 1 is 1.29 bits per heavy atom. The van der Waals surface area contributed by atoms with Gasteiger partial charge in [-0.1, -0.05) is 33.3 Å². The molecule has 4 rings (SSSR count). The molecule has 24 heavy (non-hydrogen) atoms. The highest BCUT2D eigenvalue weighted by molar-refractivity contribution is 6.10. The van der Waals surface area contributed by atoms with Crippen molar-refractivity contribution < 1.29 is 4.79 Å². The Bertz CT molecular complexity index is 875. The number of H-pyrrole nitrogens is 1. The fourth-order valence-electron chi connectivity index (χ4n) is 5.54. The first kappa shape index (κ1) is 15.6. The summed E-state index contributed by atoms with van der Waals surface area (Å²) in [6.07, 6.45) is 7.08. The van der Waals surface area contributed by atoms with Gasteiger partial charge in [0.15, 0.2) is 5.78 Å². The number of aromatic nitrogens is 2. The lowest BCUT2D eigenvalue weighted by atomic mass is 9.58. The Morgan fingerprint density at radius 2 is 2.08 bits per heavy atom. The van der Waals surface area contributed by atoms with E-state index in [9.17, 15) is 4.79 Å². The maximum atomic E-state index is 13.2. The monoisotopic (exact) mass is 322 g/mol. The molecule has 2 aliphatic carbocycles. The molecule has 126 valence electrons. The van der Waals surface area contributed by atoms with Crippen LogP contribution in [0.4, 0.5) is 0 Å². The molecule has 0 aliphatic heterocycles. The zero-order chi connectivity index (χ0) is 17.1. The predicted octanol–water partition coefficient (Wildman–Crippen LogP) is 5.07. The van der Waals surface area contributed by atoms with Gasteiger partial charge in [-0.3, -0.25) is 9.89 Å². The van der Waals surface area contributed by atoms with Crippen molar-refractivity contribution in [1.29, 1.82) is 0 Å². The lowest BCUT2D eigenvalue weighted by Crippen LogP contribution is -2.41. The summed E-state index contributed by atoms with van der Waals surface area (Å²) >= 11 is 0. The van der Waals surface area contributed by atoms with Gasteiger partial charge in [0, 0.05) is 16.2 Å². The summed E-state index contributed by atoms with van der Waals surface area (Å²) in [6.45, 7) is 8.72. The topological polar surface area (TPSA) is 45.8 Å². The Labute approximate surface area is 143 Å². The summed E-state index contributed by atoms with van der Waals surface area (Å²) in [5.41, 5.74) is 5.98. The Hall–Kier alpha value is -1.90. The molecule has 1 heterocycles. The van der Waals surface area contributed by atoms with E-state index in [1.54, 1.807) is 0 Å². The summed E-state index contributed by atoms with van der Waals surface area (Å²) in [5.74, 6) is 0.364. The molecule has 0 bridgehead atoms. The molecule has 0 unspecified atom stereocenters. The third kappa shape index (κ3) is 1.84. The number of benzene rings is 1. The number of allylic oxidation sites excluding steroid dienone is 2. The first-order valence-corrected chi connectivity index (χ1v) is 9.17. The Balaban J connectivity index is 1.97. The minimum atomic E-state index is -0.212. The number of carbonyl (C=O) groups is 1. The van der Waals surface area contributed by atoms with Crippen LogP contribution in [-0.2, 0) is 11.2 Å². The number of hydrogen-bond donors (Lipinski definition) is 1. The molecule has 0 fully saturated rings. The zero-order valence-electron chi connectivity index (χ0n) is 15.1. The van der Waals surface area contributed by atoms with Gasteiger partial charge in [0.2, 0.25) is 0 Å². The number of Topliss-reactive ketones (excluding diaryl/α,β-unsaturated/α-hetero) is 1. The molecular formula is C21H26N2O. The molecule has 0 saturated carbocycles. The average Bonchev–Trinajstić information content (AvgIpc) is 3.14. The fraction of sp³-hybridized carbons (Fsp3) is 0.524. The molecule has 0 saturated heterocycles. The molecule has 1 aromatic heterocycles. The van der Waals surface area contributed by atoms with Crippen molar-refractivity contribution in [2.75, 3.05) is 0 Å². The van der Waals surface area contributed by atoms with Gasteiger partial charge in [0.1, 0.15) is 0 Å². The van der Waals surface area contributed by atoms with Crippen molar-refractivity contribution in [3.05, 3.63) is 35.0 Å². The van der Waals surface area contributed by atoms with Crippen molar-refractivity contribution >= 4 is 22.3 Å². The maximum Gasteiger partial charge on any atom is 0.164 e.